The zero-order valence-corrected chi connectivity index (χ0v) is 19.4. The third kappa shape index (κ3) is 7.53. The van der Waals surface area contributed by atoms with Gasteiger partial charge < -0.3 is 4.74 Å². The van der Waals surface area contributed by atoms with Gasteiger partial charge >= 0.3 is 0 Å². The molecule has 25 heavy (non-hydrogen) atoms. The lowest BCUT2D eigenvalue weighted by Gasteiger charge is -2.47. The molecule has 1 nitrogen and oxygen atoms in total. The third-order valence-corrected chi connectivity index (χ3v) is 7.48. The van der Waals surface area contributed by atoms with Crippen LogP contribution in [0.3, 0.4) is 0 Å². The summed E-state index contributed by atoms with van der Waals surface area (Å²) in [5, 5.41) is 0. The second kappa shape index (κ2) is 12.8. The Bertz CT molecular complexity index is 318. The first kappa shape index (κ1) is 23.5. The van der Waals surface area contributed by atoms with Crippen LogP contribution in [-0.4, -0.2) is 16.5 Å². The molecule has 0 amide bonds. The monoisotopic (exact) mass is 416 g/mol. The molecule has 0 aromatic rings. The van der Waals surface area contributed by atoms with E-state index in [2.05, 4.69) is 50.5 Å². The Morgan fingerprint density at radius 1 is 0.920 bits per heavy atom. The zero-order chi connectivity index (χ0) is 18.7. The van der Waals surface area contributed by atoms with Crippen LogP contribution in [0.2, 0.25) is 0 Å². The quantitative estimate of drug-likeness (QED) is 0.216. The molecule has 0 N–H and O–H groups in total. The van der Waals surface area contributed by atoms with Crippen LogP contribution in [0.4, 0.5) is 0 Å². The Kier molecular flexibility index (Phi) is 12.0. The van der Waals surface area contributed by atoms with Crippen LogP contribution < -0.4 is 0 Å². The van der Waals surface area contributed by atoms with E-state index in [0.717, 1.165) is 12.8 Å². The molecule has 1 aliphatic rings. The lowest BCUT2D eigenvalue weighted by molar-refractivity contribution is -0.151. The van der Waals surface area contributed by atoms with Crippen molar-refractivity contribution in [2.75, 3.05) is 0 Å². The van der Waals surface area contributed by atoms with Gasteiger partial charge in [-0.1, -0.05) is 102 Å². The smallest absolute Gasteiger partial charge is 0.0722 e. The minimum absolute atomic E-state index is 0.0494. The van der Waals surface area contributed by atoms with Gasteiger partial charge in [0.15, 0.2) is 0 Å². The van der Waals surface area contributed by atoms with E-state index in [1.165, 1.54) is 70.6 Å². The second-order valence-electron chi connectivity index (χ2n) is 8.64. The molecule has 2 heteroatoms. The maximum Gasteiger partial charge on any atom is 0.0722 e. The first-order chi connectivity index (χ1) is 12.0. The van der Waals surface area contributed by atoms with Gasteiger partial charge in [-0.15, -0.1) is 0 Å². The Balaban J connectivity index is 2.74. The molecule has 1 fully saturated rings. The molecule has 0 saturated heterocycles. The average molecular weight is 418 g/mol. The van der Waals surface area contributed by atoms with Gasteiger partial charge in [0.25, 0.3) is 0 Å². The van der Waals surface area contributed by atoms with E-state index in [0.29, 0.717) is 22.8 Å². The molecular formula is C23H45BrO. The Labute approximate surface area is 167 Å². The van der Waals surface area contributed by atoms with Gasteiger partial charge in [-0.3, -0.25) is 0 Å². The molecule has 2 atom stereocenters. The van der Waals surface area contributed by atoms with Crippen molar-refractivity contribution in [3.05, 3.63) is 0 Å². The highest BCUT2D eigenvalue weighted by molar-refractivity contribution is 9.09. The minimum Gasteiger partial charge on any atom is -0.371 e. The number of halogens is 1. The van der Waals surface area contributed by atoms with Crippen LogP contribution >= 0.6 is 15.9 Å². The van der Waals surface area contributed by atoms with Crippen molar-refractivity contribution in [2.24, 2.45) is 11.8 Å². The number of hydrogen-bond donors (Lipinski definition) is 0. The normalized spacial score (nSPS) is 19.3. The van der Waals surface area contributed by atoms with Crippen molar-refractivity contribution in [2.45, 2.75) is 135 Å². The first-order valence-corrected chi connectivity index (χ1v) is 12.2. The summed E-state index contributed by atoms with van der Waals surface area (Å²) in [6.45, 7) is 11.8. The van der Waals surface area contributed by atoms with Crippen LogP contribution in [0.15, 0.2) is 0 Å². The summed E-state index contributed by atoms with van der Waals surface area (Å²) in [5.41, 5.74) is 0.0494. The van der Waals surface area contributed by atoms with Gasteiger partial charge in [-0.2, -0.15) is 0 Å². The van der Waals surface area contributed by atoms with E-state index >= 15 is 0 Å². The van der Waals surface area contributed by atoms with Crippen LogP contribution in [0.25, 0.3) is 0 Å². The molecule has 150 valence electrons. The van der Waals surface area contributed by atoms with Crippen molar-refractivity contribution in [3.8, 4) is 0 Å². The van der Waals surface area contributed by atoms with Gasteiger partial charge in [0, 0.05) is 10.7 Å². The van der Waals surface area contributed by atoms with E-state index in [1.54, 1.807) is 0 Å². The fraction of sp³-hybridized carbons (Fsp3) is 1.00. The molecule has 0 aromatic heterocycles. The van der Waals surface area contributed by atoms with Gasteiger partial charge in [0.2, 0.25) is 0 Å². The second-order valence-corrected chi connectivity index (χ2v) is 9.81. The summed E-state index contributed by atoms with van der Waals surface area (Å²) < 4.78 is 6.94. The fourth-order valence-corrected chi connectivity index (χ4v) is 6.37. The Hall–Kier alpha value is 0.440. The topological polar surface area (TPSA) is 9.23 Å². The van der Waals surface area contributed by atoms with E-state index in [1.807, 2.05) is 0 Å². The van der Waals surface area contributed by atoms with Crippen molar-refractivity contribution >= 4 is 15.9 Å². The molecule has 0 spiro atoms. The number of unbranched alkanes of at least 4 members (excludes halogenated alkanes) is 4. The molecule has 0 radical (unpaired) electrons. The molecule has 0 bridgehead atoms. The molecule has 0 aliphatic heterocycles. The van der Waals surface area contributed by atoms with Gasteiger partial charge in [0.05, 0.1) is 11.7 Å². The fourth-order valence-electron chi connectivity index (χ4n) is 4.96. The Morgan fingerprint density at radius 2 is 1.52 bits per heavy atom. The molecule has 2 unspecified atom stereocenters. The standard InChI is InChI=1S/C23H45BrO/c1-6-9-10-11-15-18-21(24)22(19(4)5)23(7-2,8-3)25-20-16-13-12-14-17-20/h19-22H,6-18H2,1-5H3. The van der Waals surface area contributed by atoms with Crippen molar-refractivity contribution < 1.29 is 4.74 Å². The summed E-state index contributed by atoms with van der Waals surface area (Å²) in [5.74, 6) is 1.26. The summed E-state index contributed by atoms with van der Waals surface area (Å²) in [4.78, 5) is 0.581. The van der Waals surface area contributed by atoms with Crippen LogP contribution in [0.1, 0.15) is 118 Å². The molecule has 0 heterocycles. The number of rotatable bonds is 13. The molecule has 1 rings (SSSR count). The van der Waals surface area contributed by atoms with Gasteiger partial charge in [0.1, 0.15) is 0 Å². The van der Waals surface area contributed by atoms with Crippen molar-refractivity contribution in [1.82, 2.24) is 0 Å². The molecule has 1 aliphatic carbocycles. The minimum atomic E-state index is 0.0494. The summed E-state index contributed by atoms with van der Waals surface area (Å²) in [6.07, 6.45) is 17.6. The molecule has 1 saturated carbocycles. The molecule has 0 aromatic carbocycles. The number of alkyl halides is 1. The largest absolute Gasteiger partial charge is 0.371 e. The van der Waals surface area contributed by atoms with E-state index in [4.69, 9.17) is 4.74 Å². The molecular weight excluding hydrogens is 372 g/mol. The SMILES string of the molecule is CCCCCCCC(Br)C(C(C)C)C(CC)(CC)OC1CCCCC1. The highest BCUT2D eigenvalue weighted by atomic mass is 79.9. The van der Waals surface area contributed by atoms with E-state index < -0.39 is 0 Å². The maximum absolute atomic E-state index is 6.94. The summed E-state index contributed by atoms with van der Waals surface area (Å²) >= 11 is 4.12. The zero-order valence-electron chi connectivity index (χ0n) is 17.8. The third-order valence-electron chi connectivity index (χ3n) is 6.45. The predicted octanol–water partition coefficient (Wildman–Crippen LogP) is 8.29. The Morgan fingerprint density at radius 3 is 2.04 bits per heavy atom. The highest BCUT2D eigenvalue weighted by Crippen LogP contribution is 2.43. The van der Waals surface area contributed by atoms with Gasteiger partial charge in [-0.25, -0.2) is 0 Å². The van der Waals surface area contributed by atoms with Crippen molar-refractivity contribution in [3.63, 3.8) is 0 Å². The predicted molar refractivity (Wildman–Crippen MR) is 116 cm³/mol. The van der Waals surface area contributed by atoms with Crippen LogP contribution in [-0.2, 0) is 4.74 Å². The van der Waals surface area contributed by atoms with Crippen LogP contribution in [0.5, 0.6) is 0 Å². The highest BCUT2D eigenvalue weighted by Gasteiger charge is 2.43. The summed E-state index contributed by atoms with van der Waals surface area (Å²) in [6, 6.07) is 0. The summed E-state index contributed by atoms with van der Waals surface area (Å²) in [7, 11) is 0. The lowest BCUT2D eigenvalue weighted by atomic mass is 9.73. The van der Waals surface area contributed by atoms with E-state index in [9.17, 15) is 0 Å². The number of ether oxygens (including phenoxy) is 1. The van der Waals surface area contributed by atoms with E-state index in [-0.39, 0.29) is 5.60 Å². The van der Waals surface area contributed by atoms with Crippen LogP contribution in [0, 0.1) is 11.8 Å². The first-order valence-electron chi connectivity index (χ1n) is 11.3. The number of hydrogen-bond acceptors (Lipinski definition) is 1. The average Bonchev–Trinajstić information content (AvgIpc) is 2.61. The maximum atomic E-state index is 6.94. The van der Waals surface area contributed by atoms with Gasteiger partial charge in [-0.05, 0) is 38.0 Å². The van der Waals surface area contributed by atoms with Crippen molar-refractivity contribution in [1.29, 1.82) is 0 Å². The lowest BCUT2D eigenvalue weighted by Crippen LogP contribution is -2.49.